The maximum atomic E-state index is 13.6. The maximum absolute atomic E-state index is 13.6. The standard InChI is InChI=1S/C12H10F5NO4/c1-22-9-6(14)3-2-5(13)8(9)10(19)18-7(11(20)21)4-12(15,16)17/h2-3,7H,4H2,1H3,(H,18,19)(H,20,21). The third-order valence-corrected chi connectivity index (χ3v) is 2.53. The van der Waals surface area contributed by atoms with E-state index in [1.54, 1.807) is 0 Å². The fourth-order valence-corrected chi connectivity index (χ4v) is 1.61. The fourth-order valence-electron chi connectivity index (χ4n) is 1.61. The molecule has 1 unspecified atom stereocenters. The molecule has 0 heterocycles. The molecule has 0 radical (unpaired) electrons. The number of rotatable bonds is 5. The Hall–Kier alpha value is -2.39. The molecule has 10 heteroatoms. The van der Waals surface area contributed by atoms with E-state index < -0.39 is 53.5 Å². The van der Waals surface area contributed by atoms with E-state index in [1.165, 1.54) is 5.32 Å². The van der Waals surface area contributed by atoms with Crippen molar-refractivity contribution < 1.29 is 41.4 Å². The topological polar surface area (TPSA) is 75.6 Å². The van der Waals surface area contributed by atoms with Crippen LogP contribution < -0.4 is 10.1 Å². The van der Waals surface area contributed by atoms with Crippen LogP contribution in [0.25, 0.3) is 0 Å². The summed E-state index contributed by atoms with van der Waals surface area (Å²) in [5.41, 5.74) is -1.02. The van der Waals surface area contributed by atoms with Crippen LogP contribution in [0.5, 0.6) is 5.75 Å². The largest absolute Gasteiger partial charge is 0.493 e. The minimum absolute atomic E-state index is 0.562. The first-order chi connectivity index (χ1) is 10.1. The van der Waals surface area contributed by atoms with Gasteiger partial charge in [0.15, 0.2) is 11.6 Å². The molecule has 0 aliphatic carbocycles. The second-order valence-electron chi connectivity index (χ2n) is 4.12. The molecule has 122 valence electrons. The van der Waals surface area contributed by atoms with E-state index in [0.29, 0.717) is 12.1 Å². The second kappa shape index (κ2) is 6.58. The van der Waals surface area contributed by atoms with Crippen molar-refractivity contribution in [2.24, 2.45) is 0 Å². The van der Waals surface area contributed by atoms with Crippen LogP contribution in [0, 0.1) is 11.6 Å². The summed E-state index contributed by atoms with van der Waals surface area (Å²) in [4.78, 5) is 22.5. The van der Waals surface area contributed by atoms with Gasteiger partial charge in [-0.1, -0.05) is 0 Å². The smallest absolute Gasteiger partial charge is 0.391 e. The van der Waals surface area contributed by atoms with E-state index in [0.717, 1.165) is 7.11 Å². The lowest BCUT2D eigenvalue weighted by atomic mass is 10.1. The van der Waals surface area contributed by atoms with Crippen LogP contribution in [-0.2, 0) is 4.79 Å². The minimum atomic E-state index is -4.87. The molecule has 0 aliphatic rings. The van der Waals surface area contributed by atoms with E-state index in [1.807, 2.05) is 0 Å². The Balaban J connectivity index is 3.11. The Bertz CT molecular complexity index is 588. The first kappa shape index (κ1) is 17.7. The Kier molecular flexibility index (Phi) is 5.28. The highest BCUT2D eigenvalue weighted by molar-refractivity contribution is 5.99. The molecule has 0 aliphatic heterocycles. The number of hydrogen-bond donors (Lipinski definition) is 2. The summed E-state index contributed by atoms with van der Waals surface area (Å²) in [6, 6.07) is -1.14. The number of ether oxygens (including phenoxy) is 1. The van der Waals surface area contributed by atoms with Gasteiger partial charge in [-0.25, -0.2) is 13.6 Å². The van der Waals surface area contributed by atoms with Crippen molar-refractivity contribution >= 4 is 11.9 Å². The van der Waals surface area contributed by atoms with E-state index >= 15 is 0 Å². The summed E-state index contributed by atoms with van der Waals surface area (Å²) in [6.07, 6.45) is -6.74. The van der Waals surface area contributed by atoms with Gasteiger partial charge in [0.05, 0.1) is 13.5 Å². The lowest BCUT2D eigenvalue weighted by Gasteiger charge is -2.17. The third kappa shape index (κ3) is 4.30. The summed E-state index contributed by atoms with van der Waals surface area (Å²) in [5, 5.41) is 10.2. The molecular weight excluding hydrogens is 317 g/mol. The van der Waals surface area contributed by atoms with Crippen molar-refractivity contribution in [1.82, 2.24) is 5.32 Å². The highest BCUT2D eigenvalue weighted by atomic mass is 19.4. The molecule has 0 saturated carbocycles. The second-order valence-corrected chi connectivity index (χ2v) is 4.12. The Morgan fingerprint density at radius 2 is 1.82 bits per heavy atom. The van der Waals surface area contributed by atoms with E-state index in [2.05, 4.69) is 4.74 Å². The molecule has 1 atom stereocenters. The number of carboxylic acid groups (broad SMARTS) is 1. The van der Waals surface area contributed by atoms with E-state index in [-0.39, 0.29) is 0 Å². The van der Waals surface area contributed by atoms with Gasteiger partial charge >= 0.3 is 12.1 Å². The number of carbonyl (C=O) groups is 2. The van der Waals surface area contributed by atoms with E-state index in [9.17, 15) is 31.5 Å². The Labute approximate surface area is 120 Å². The zero-order valence-corrected chi connectivity index (χ0v) is 11.0. The van der Waals surface area contributed by atoms with Gasteiger partial charge in [-0.05, 0) is 12.1 Å². The maximum Gasteiger partial charge on any atom is 0.391 e. The monoisotopic (exact) mass is 327 g/mol. The van der Waals surface area contributed by atoms with E-state index in [4.69, 9.17) is 5.11 Å². The van der Waals surface area contributed by atoms with Crippen LogP contribution in [0.3, 0.4) is 0 Å². The quantitative estimate of drug-likeness (QED) is 0.812. The highest BCUT2D eigenvalue weighted by Gasteiger charge is 2.37. The fraction of sp³-hybridized carbons (Fsp3) is 0.333. The minimum Gasteiger partial charge on any atom is -0.493 e. The summed E-state index contributed by atoms with van der Waals surface area (Å²) >= 11 is 0. The van der Waals surface area contributed by atoms with Crippen molar-refractivity contribution in [1.29, 1.82) is 0 Å². The molecular formula is C12H10F5NO4. The number of hydrogen-bond acceptors (Lipinski definition) is 3. The number of carbonyl (C=O) groups excluding carboxylic acids is 1. The SMILES string of the molecule is COc1c(F)ccc(F)c1C(=O)NC(CC(F)(F)F)C(=O)O. The molecule has 0 spiro atoms. The van der Waals surface area contributed by atoms with Crippen molar-refractivity contribution in [3.8, 4) is 5.75 Å². The first-order valence-corrected chi connectivity index (χ1v) is 5.69. The Morgan fingerprint density at radius 1 is 1.27 bits per heavy atom. The molecule has 1 amide bonds. The van der Waals surface area contributed by atoms with Crippen LogP contribution in [0.4, 0.5) is 22.0 Å². The van der Waals surface area contributed by atoms with Gasteiger partial charge < -0.3 is 15.2 Å². The number of alkyl halides is 3. The number of aliphatic carboxylic acids is 1. The molecule has 2 N–H and O–H groups in total. The van der Waals surface area contributed by atoms with Crippen LogP contribution >= 0.6 is 0 Å². The molecule has 0 fully saturated rings. The van der Waals surface area contributed by atoms with Crippen LogP contribution in [-0.4, -0.2) is 36.3 Å². The molecule has 0 saturated heterocycles. The van der Waals surface area contributed by atoms with Crippen LogP contribution in [0.2, 0.25) is 0 Å². The van der Waals surface area contributed by atoms with Gasteiger partial charge in [0.25, 0.3) is 5.91 Å². The summed E-state index contributed by atoms with van der Waals surface area (Å²) < 4.78 is 68.1. The average molecular weight is 327 g/mol. The highest BCUT2D eigenvalue weighted by Crippen LogP contribution is 2.26. The number of carboxylic acids is 1. The number of halogens is 5. The Morgan fingerprint density at radius 3 is 2.27 bits per heavy atom. The van der Waals surface area contributed by atoms with Gasteiger partial charge in [-0.2, -0.15) is 13.2 Å². The van der Waals surface area contributed by atoms with Crippen molar-refractivity contribution in [2.75, 3.05) is 7.11 Å². The van der Waals surface area contributed by atoms with Crippen LogP contribution in [0.1, 0.15) is 16.8 Å². The zero-order chi connectivity index (χ0) is 17.1. The van der Waals surface area contributed by atoms with Crippen molar-refractivity contribution in [3.63, 3.8) is 0 Å². The predicted octanol–water partition coefficient (Wildman–Crippen LogP) is 2.11. The molecule has 0 bridgehead atoms. The zero-order valence-electron chi connectivity index (χ0n) is 11.0. The van der Waals surface area contributed by atoms with Crippen molar-refractivity contribution in [2.45, 2.75) is 18.6 Å². The molecule has 1 rings (SSSR count). The summed E-state index contributed by atoms with van der Waals surface area (Å²) in [5.74, 6) is -6.75. The van der Waals surface area contributed by atoms with Gasteiger partial charge in [-0.3, -0.25) is 4.79 Å². The lowest BCUT2D eigenvalue weighted by molar-refractivity contribution is -0.157. The third-order valence-electron chi connectivity index (χ3n) is 2.53. The molecule has 1 aromatic carbocycles. The molecule has 1 aromatic rings. The molecule has 22 heavy (non-hydrogen) atoms. The number of amides is 1. The molecule has 5 nitrogen and oxygen atoms in total. The van der Waals surface area contributed by atoms with Crippen molar-refractivity contribution in [3.05, 3.63) is 29.3 Å². The van der Waals surface area contributed by atoms with Crippen LogP contribution in [0.15, 0.2) is 12.1 Å². The molecule has 0 aromatic heterocycles. The predicted molar refractivity (Wildman–Crippen MR) is 62.5 cm³/mol. The van der Waals surface area contributed by atoms with Gasteiger partial charge in [0.2, 0.25) is 0 Å². The van der Waals surface area contributed by atoms with Gasteiger partial charge in [-0.15, -0.1) is 0 Å². The average Bonchev–Trinajstić information content (AvgIpc) is 2.38. The first-order valence-electron chi connectivity index (χ1n) is 5.69. The lowest BCUT2D eigenvalue weighted by Crippen LogP contribution is -2.44. The van der Waals surface area contributed by atoms with Gasteiger partial charge in [0.1, 0.15) is 17.4 Å². The summed E-state index contributed by atoms with van der Waals surface area (Å²) in [6.45, 7) is 0. The number of nitrogens with one attached hydrogen (secondary N) is 1. The van der Waals surface area contributed by atoms with Gasteiger partial charge in [0, 0.05) is 0 Å². The summed E-state index contributed by atoms with van der Waals surface area (Å²) in [7, 11) is 0.916. The number of benzene rings is 1. The normalized spacial score (nSPS) is 12.6. The number of methoxy groups -OCH3 is 1.